The van der Waals surface area contributed by atoms with Crippen LogP contribution in [-0.4, -0.2) is 25.4 Å². The second-order valence-corrected chi connectivity index (χ2v) is 2.08. The summed E-state index contributed by atoms with van der Waals surface area (Å²) in [4.78, 5) is 10.2. The molecule has 0 aliphatic carbocycles. The number of hydrogen-bond donors (Lipinski definition) is 1. The number of nitrogens with two attached hydrogens (primary N) is 1. The average molecular weight is 147 g/mol. The van der Waals surface area contributed by atoms with Gasteiger partial charge in [0.2, 0.25) is 0 Å². The van der Waals surface area contributed by atoms with Gasteiger partial charge in [-0.3, -0.25) is 0 Å². The lowest BCUT2D eigenvalue weighted by molar-refractivity contribution is -0.000180. The quantitative estimate of drug-likeness (QED) is 0.632. The van der Waals surface area contributed by atoms with Crippen LogP contribution in [0.15, 0.2) is 0 Å². The van der Waals surface area contributed by atoms with Crippen LogP contribution in [0, 0.1) is 0 Å². The third-order valence-corrected chi connectivity index (χ3v) is 1.33. The highest BCUT2D eigenvalue weighted by Gasteiger charge is 2.13. The highest BCUT2D eigenvalue weighted by atomic mass is 16.6. The van der Waals surface area contributed by atoms with Crippen molar-refractivity contribution in [1.82, 2.24) is 0 Å². The molecule has 0 aromatic rings. The van der Waals surface area contributed by atoms with E-state index in [2.05, 4.69) is 4.74 Å². The summed E-state index contributed by atoms with van der Waals surface area (Å²) in [6, 6.07) is 0. The van der Waals surface area contributed by atoms with Gasteiger partial charge in [0.05, 0.1) is 6.10 Å². The molecule has 1 amide bonds. The summed E-state index contributed by atoms with van der Waals surface area (Å²) in [6.45, 7) is 3.52. The lowest BCUT2D eigenvalue weighted by Gasteiger charge is -2.17. The molecule has 0 saturated carbocycles. The van der Waals surface area contributed by atoms with E-state index < -0.39 is 6.09 Å². The minimum atomic E-state index is -0.767. The van der Waals surface area contributed by atoms with Gasteiger partial charge in [0.25, 0.3) is 0 Å². The highest BCUT2D eigenvalue weighted by molar-refractivity contribution is 5.64. The fourth-order valence-electron chi connectivity index (χ4n) is 0.471. The fourth-order valence-corrected chi connectivity index (χ4v) is 0.471. The molecule has 0 aromatic heterocycles. The van der Waals surface area contributed by atoms with Crippen LogP contribution in [0.25, 0.3) is 0 Å². The molecular weight excluding hydrogens is 134 g/mol. The molecule has 60 valence electrons. The standard InChI is InChI=1S/C6H13NO3/c1-4(9-3)5(2)10-6(7)8/h4-5H,1-3H3,(H2,7,8). The van der Waals surface area contributed by atoms with E-state index in [1.54, 1.807) is 21.0 Å². The first kappa shape index (κ1) is 9.23. The normalized spacial score (nSPS) is 15.9. The van der Waals surface area contributed by atoms with E-state index in [9.17, 15) is 4.79 Å². The van der Waals surface area contributed by atoms with Crippen LogP contribution in [0.1, 0.15) is 13.8 Å². The minimum absolute atomic E-state index is 0.118. The Hall–Kier alpha value is -0.770. The van der Waals surface area contributed by atoms with E-state index in [-0.39, 0.29) is 12.2 Å². The molecule has 2 unspecified atom stereocenters. The van der Waals surface area contributed by atoms with Crippen LogP contribution in [0.2, 0.25) is 0 Å². The molecule has 0 fully saturated rings. The Labute approximate surface area is 60.3 Å². The number of hydrogen-bond acceptors (Lipinski definition) is 3. The summed E-state index contributed by atoms with van der Waals surface area (Å²) < 4.78 is 9.50. The second-order valence-electron chi connectivity index (χ2n) is 2.08. The third kappa shape index (κ3) is 3.29. The van der Waals surface area contributed by atoms with Crippen molar-refractivity contribution in [2.24, 2.45) is 5.73 Å². The Balaban J connectivity index is 3.61. The molecule has 4 heteroatoms. The van der Waals surface area contributed by atoms with Crippen molar-refractivity contribution in [1.29, 1.82) is 0 Å². The van der Waals surface area contributed by atoms with Crippen molar-refractivity contribution in [2.45, 2.75) is 26.1 Å². The van der Waals surface area contributed by atoms with Crippen molar-refractivity contribution in [3.63, 3.8) is 0 Å². The molecule has 4 nitrogen and oxygen atoms in total. The van der Waals surface area contributed by atoms with Crippen molar-refractivity contribution < 1.29 is 14.3 Å². The summed E-state index contributed by atoms with van der Waals surface area (Å²) in [5.41, 5.74) is 4.77. The van der Waals surface area contributed by atoms with E-state index in [0.29, 0.717) is 0 Å². The summed E-state index contributed by atoms with van der Waals surface area (Å²) in [7, 11) is 1.55. The number of carbonyl (C=O) groups is 1. The molecule has 0 aliphatic heterocycles. The number of primary amides is 1. The Morgan fingerprint density at radius 1 is 1.40 bits per heavy atom. The van der Waals surface area contributed by atoms with Gasteiger partial charge in [0, 0.05) is 7.11 Å². The fraction of sp³-hybridized carbons (Fsp3) is 0.833. The lowest BCUT2D eigenvalue weighted by atomic mass is 10.2. The first-order valence-corrected chi connectivity index (χ1v) is 3.06. The van der Waals surface area contributed by atoms with Gasteiger partial charge in [-0.05, 0) is 13.8 Å². The topological polar surface area (TPSA) is 61.6 Å². The van der Waals surface area contributed by atoms with Gasteiger partial charge < -0.3 is 15.2 Å². The average Bonchev–Trinajstić information content (AvgIpc) is 1.85. The van der Waals surface area contributed by atoms with Crippen molar-refractivity contribution >= 4 is 6.09 Å². The summed E-state index contributed by atoms with van der Waals surface area (Å²) in [5, 5.41) is 0. The Kier molecular flexibility index (Phi) is 3.79. The molecular formula is C6H13NO3. The number of ether oxygens (including phenoxy) is 2. The molecule has 0 rings (SSSR count). The Bertz CT molecular complexity index is 116. The zero-order valence-electron chi connectivity index (χ0n) is 6.46. The summed E-state index contributed by atoms with van der Waals surface area (Å²) in [6.07, 6.45) is -1.17. The maximum atomic E-state index is 10.2. The third-order valence-electron chi connectivity index (χ3n) is 1.33. The molecule has 0 bridgehead atoms. The zero-order valence-corrected chi connectivity index (χ0v) is 6.46. The minimum Gasteiger partial charge on any atom is -0.444 e. The van der Waals surface area contributed by atoms with Crippen LogP contribution >= 0.6 is 0 Å². The maximum absolute atomic E-state index is 10.2. The van der Waals surface area contributed by atoms with Crippen LogP contribution in [0.5, 0.6) is 0 Å². The van der Waals surface area contributed by atoms with Crippen molar-refractivity contribution in [3.05, 3.63) is 0 Å². The van der Waals surface area contributed by atoms with Crippen LogP contribution in [0.3, 0.4) is 0 Å². The highest BCUT2D eigenvalue weighted by Crippen LogP contribution is 2.00. The number of carbonyl (C=O) groups excluding carboxylic acids is 1. The van der Waals surface area contributed by atoms with Crippen LogP contribution in [-0.2, 0) is 9.47 Å². The first-order valence-electron chi connectivity index (χ1n) is 3.06. The predicted molar refractivity (Wildman–Crippen MR) is 36.6 cm³/mol. The van der Waals surface area contributed by atoms with E-state index in [0.717, 1.165) is 0 Å². The Morgan fingerprint density at radius 2 is 1.90 bits per heavy atom. The van der Waals surface area contributed by atoms with Crippen molar-refractivity contribution in [3.8, 4) is 0 Å². The lowest BCUT2D eigenvalue weighted by Crippen LogP contribution is -2.30. The van der Waals surface area contributed by atoms with Gasteiger partial charge in [0.1, 0.15) is 6.10 Å². The van der Waals surface area contributed by atoms with Gasteiger partial charge >= 0.3 is 6.09 Å². The van der Waals surface area contributed by atoms with Gasteiger partial charge in [-0.15, -0.1) is 0 Å². The maximum Gasteiger partial charge on any atom is 0.404 e. The monoisotopic (exact) mass is 147 g/mol. The predicted octanol–water partition coefficient (Wildman–Crippen LogP) is 0.505. The molecule has 2 N–H and O–H groups in total. The van der Waals surface area contributed by atoms with Crippen molar-refractivity contribution in [2.75, 3.05) is 7.11 Å². The molecule has 0 aromatic carbocycles. The molecule has 0 heterocycles. The number of rotatable bonds is 3. The van der Waals surface area contributed by atoms with E-state index in [1.165, 1.54) is 0 Å². The summed E-state index contributed by atoms with van der Waals surface area (Å²) >= 11 is 0. The summed E-state index contributed by atoms with van der Waals surface area (Å²) in [5.74, 6) is 0. The Morgan fingerprint density at radius 3 is 2.20 bits per heavy atom. The van der Waals surface area contributed by atoms with Gasteiger partial charge in [-0.25, -0.2) is 4.79 Å². The second kappa shape index (κ2) is 4.11. The number of methoxy groups -OCH3 is 1. The first-order chi connectivity index (χ1) is 4.57. The SMILES string of the molecule is COC(C)C(C)OC(N)=O. The molecule has 0 aliphatic rings. The van der Waals surface area contributed by atoms with Crippen LogP contribution < -0.4 is 5.73 Å². The largest absolute Gasteiger partial charge is 0.444 e. The van der Waals surface area contributed by atoms with E-state index in [1.807, 2.05) is 0 Å². The van der Waals surface area contributed by atoms with Gasteiger partial charge in [0.15, 0.2) is 0 Å². The molecule has 2 atom stereocenters. The number of amides is 1. The molecule has 0 saturated heterocycles. The molecule has 0 radical (unpaired) electrons. The van der Waals surface area contributed by atoms with E-state index >= 15 is 0 Å². The van der Waals surface area contributed by atoms with Crippen LogP contribution in [0.4, 0.5) is 4.79 Å². The van der Waals surface area contributed by atoms with Gasteiger partial charge in [-0.1, -0.05) is 0 Å². The van der Waals surface area contributed by atoms with E-state index in [4.69, 9.17) is 10.5 Å². The zero-order chi connectivity index (χ0) is 8.15. The van der Waals surface area contributed by atoms with Gasteiger partial charge in [-0.2, -0.15) is 0 Å². The molecule has 10 heavy (non-hydrogen) atoms. The molecule has 0 spiro atoms. The smallest absolute Gasteiger partial charge is 0.404 e.